The summed E-state index contributed by atoms with van der Waals surface area (Å²) in [6.07, 6.45) is 2.80. The van der Waals surface area contributed by atoms with Crippen molar-refractivity contribution < 1.29 is 8.42 Å². The standard InChI is InChI=1S/C11H12BrNO2S/c1-7-6-10-9(8(2)11(7)12)4-5-13(10)16(3,14)15/h4-6H,1-3H3. The summed E-state index contributed by atoms with van der Waals surface area (Å²) >= 11 is 3.50. The maximum Gasteiger partial charge on any atom is 0.236 e. The van der Waals surface area contributed by atoms with Gasteiger partial charge in [-0.2, -0.15) is 0 Å². The second-order valence-corrected chi connectivity index (χ2v) is 6.59. The van der Waals surface area contributed by atoms with E-state index in [9.17, 15) is 8.42 Å². The number of hydrogen-bond donors (Lipinski definition) is 0. The van der Waals surface area contributed by atoms with E-state index in [4.69, 9.17) is 0 Å². The first kappa shape index (κ1) is 11.7. The van der Waals surface area contributed by atoms with Crippen LogP contribution in [0, 0.1) is 13.8 Å². The Kier molecular flexibility index (Phi) is 2.62. The van der Waals surface area contributed by atoms with E-state index in [0.29, 0.717) is 0 Å². The van der Waals surface area contributed by atoms with Gasteiger partial charge in [-0.25, -0.2) is 12.4 Å². The van der Waals surface area contributed by atoms with Crippen LogP contribution in [0.25, 0.3) is 10.9 Å². The molecule has 0 saturated carbocycles. The third-order valence-electron chi connectivity index (χ3n) is 2.68. The van der Waals surface area contributed by atoms with Crippen molar-refractivity contribution in [1.82, 2.24) is 3.97 Å². The van der Waals surface area contributed by atoms with Crippen LogP contribution < -0.4 is 0 Å². The van der Waals surface area contributed by atoms with Crippen molar-refractivity contribution in [3.63, 3.8) is 0 Å². The van der Waals surface area contributed by atoms with Gasteiger partial charge in [0, 0.05) is 16.1 Å². The average Bonchev–Trinajstić information content (AvgIpc) is 2.57. The Bertz CT molecular complexity index is 671. The topological polar surface area (TPSA) is 39.1 Å². The van der Waals surface area contributed by atoms with Crippen LogP contribution in [0.4, 0.5) is 0 Å². The molecule has 0 fully saturated rings. The average molecular weight is 302 g/mol. The van der Waals surface area contributed by atoms with E-state index in [1.54, 1.807) is 6.20 Å². The molecule has 0 amide bonds. The molecule has 0 aliphatic carbocycles. The molecule has 2 aromatic rings. The Hall–Kier alpha value is -0.810. The highest BCUT2D eigenvalue weighted by atomic mass is 79.9. The molecule has 0 aliphatic rings. The van der Waals surface area contributed by atoms with Gasteiger partial charge in [0.15, 0.2) is 0 Å². The molecular formula is C11H12BrNO2S. The van der Waals surface area contributed by atoms with E-state index >= 15 is 0 Å². The van der Waals surface area contributed by atoms with Gasteiger partial charge in [-0.3, -0.25) is 0 Å². The van der Waals surface area contributed by atoms with Crippen LogP contribution in [0.5, 0.6) is 0 Å². The minimum Gasteiger partial charge on any atom is -0.245 e. The lowest BCUT2D eigenvalue weighted by atomic mass is 10.1. The van der Waals surface area contributed by atoms with E-state index < -0.39 is 10.0 Å². The highest BCUT2D eigenvalue weighted by Gasteiger charge is 2.13. The fourth-order valence-corrected chi connectivity index (χ4v) is 2.98. The number of aryl methyl sites for hydroxylation is 2. The normalized spacial score (nSPS) is 12.2. The number of nitrogens with zero attached hydrogens (tertiary/aromatic N) is 1. The third-order valence-corrected chi connectivity index (χ3v) is 4.93. The van der Waals surface area contributed by atoms with Crippen molar-refractivity contribution in [1.29, 1.82) is 0 Å². The number of aromatic nitrogens is 1. The first-order valence-corrected chi connectivity index (χ1v) is 7.44. The van der Waals surface area contributed by atoms with Crippen LogP contribution in [0.1, 0.15) is 11.1 Å². The summed E-state index contributed by atoms with van der Waals surface area (Å²) in [5.74, 6) is 0. The van der Waals surface area contributed by atoms with Crippen LogP contribution in [0.15, 0.2) is 22.8 Å². The SMILES string of the molecule is Cc1cc2c(ccn2S(C)(=O)=O)c(C)c1Br. The first-order chi connectivity index (χ1) is 7.32. The largest absolute Gasteiger partial charge is 0.245 e. The van der Waals surface area contributed by atoms with Gasteiger partial charge >= 0.3 is 0 Å². The predicted octanol–water partition coefficient (Wildman–Crippen LogP) is 2.83. The molecule has 0 unspecified atom stereocenters. The Morgan fingerprint density at radius 2 is 1.94 bits per heavy atom. The smallest absolute Gasteiger partial charge is 0.236 e. The maximum absolute atomic E-state index is 11.6. The zero-order valence-electron chi connectivity index (χ0n) is 9.28. The Labute approximate surface area is 103 Å². The van der Waals surface area contributed by atoms with Crippen molar-refractivity contribution >= 4 is 36.9 Å². The van der Waals surface area contributed by atoms with Gasteiger partial charge in [-0.05, 0) is 37.1 Å². The second-order valence-electron chi connectivity index (χ2n) is 3.94. The molecule has 3 nitrogen and oxygen atoms in total. The van der Waals surface area contributed by atoms with Crippen molar-refractivity contribution in [2.75, 3.05) is 6.26 Å². The lowest BCUT2D eigenvalue weighted by molar-refractivity contribution is 0.595. The van der Waals surface area contributed by atoms with Crippen molar-refractivity contribution in [3.8, 4) is 0 Å². The predicted molar refractivity (Wildman–Crippen MR) is 69.4 cm³/mol. The lowest BCUT2D eigenvalue weighted by Gasteiger charge is -2.07. The van der Waals surface area contributed by atoms with Crippen molar-refractivity contribution in [2.45, 2.75) is 13.8 Å². The maximum atomic E-state index is 11.6. The molecular weight excluding hydrogens is 290 g/mol. The molecule has 0 radical (unpaired) electrons. The Morgan fingerprint density at radius 1 is 1.31 bits per heavy atom. The summed E-state index contributed by atoms with van der Waals surface area (Å²) in [5.41, 5.74) is 2.84. The first-order valence-electron chi connectivity index (χ1n) is 4.79. The van der Waals surface area contributed by atoms with Gasteiger partial charge in [-0.1, -0.05) is 15.9 Å². The molecule has 2 rings (SSSR count). The van der Waals surface area contributed by atoms with E-state index in [-0.39, 0.29) is 0 Å². The van der Waals surface area contributed by atoms with E-state index in [1.165, 1.54) is 10.2 Å². The summed E-state index contributed by atoms with van der Waals surface area (Å²) in [6, 6.07) is 3.71. The molecule has 0 saturated heterocycles. The molecule has 86 valence electrons. The molecule has 16 heavy (non-hydrogen) atoms. The minimum atomic E-state index is -3.23. The zero-order valence-corrected chi connectivity index (χ0v) is 11.7. The van der Waals surface area contributed by atoms with Crippen LogP contribution in [0.3, 0.4) is 0 Å². The van der Waals surface area contributed by atoms with Gasteiger partial charge in [0.05, 0.1) is 11.8 Å². The Balaban J connectivity index is 2.95. The number of benzene rings is 1. The van der Waals surface area contributed by atoms with E-state index in [0.717, 1.165) is 26.5 Å². The summed E-state index contributed by atoms with van der Waals surface area (Å²) < 4.78 is 25.5. The van der Waals surface area contributed by atoms with E-state index in [1.807, 2.05) is 26.0 Å². The fourth-order valence-electron chi connectivity index (χ4n) is 1.86. The number of hydrogen-bond acceptors (Lipinski definition) is 2. The third kappa shape index (κ3) is 1.68. The van der Waals surface area contributed by atoms with Gasteiger partial charge < -0.3 is 0 Å². The van der Waals surface area contributed by atoms with Gasteiger partial charge in [0.25, 0.3) is 0 Å². The van der Waals surface area contributed by atoms with Crippen LogP contribution in [-0.4, -0.2) is 18.6 Å². The molecule has 0 bridgehead atoms. The summed E-state index contributed by atoms with van der Waals surface area (Å²) in [7, 11) is -3.23. The molecule has 0 N–H and O–H groups in total. The Morgan fingerprint density at radius 3 is 2.50 bits per heavy atom. The molecule has 0 spiro atoms. The van der Waals surface area contributed by atoms with Crippen molar-refractivity contribution in [3.05, 3.63) is 33.9 Å². The molecule has 0 aliphatic heterocycles. The molecule has 1 aromatic carbocycles. The minimum absolute atomic E-state index is 0.737. The molecule has 5 heteroatoms. The monoisotopic (exact) mass is 301 g/mol. The van der Waals surface area contributed by atoms with Crippen molar-refractivity contribution in [2.24, 2.45) is 0 Å². The highest BCUT2D eigenvalue weighted by molar-refractivity contribution is 9.10. The quantitative estimate of drug-likeness (QED) is 0.812. The molecule has 1 aromatic heterocycles. The summed E-state index contributed by atoms with van der Waals surface area (Å²) in [5, 5.41) is 0.961. The number of rotatable bonds is 1. The summed E-state index contributed by atoms with van der Waals surface area (Å²) in [6.45, 7) is 3.93. The second kappa shape index (κ2) is 3.60. The van der Waals surface area contributed by atoms with Crippen LogP contribution in [-0.2, 0) is 10.0 Å². The number of halogens is 1. The molecule has 0 atom stereocenters. The summed E-state index contributed by atoms with van der Waals surface area (Å²) in [4.78, 5) is 0. The lowest BCUT2D eigenvalue weighted by Crippen LogP contribution is -2.08. The van der Waals surface area contributed by atoms with Crippen LogP contribution >= 0.6 is 15.9 Å². The zero-order chi connectivity index (χ0) is 12.1. The van der Waals surface area contributed by atoms with Crippen LogP contribution in [0.2, 0.25) is 0 Å². The van der Waals surface area contributed by atoms with Gasteiger partial charge in [-0.15, -0.1) is 0 Å². The van der Waals surface area contributed by atoms with E-state index in [2.05, 4.69) is 15.9 Å². The van der Waals surface area contributed by atoms with Gasteiger partial charge in [0.2, 0.25) is 10.0 Å². The number of fused-ring (bicyclic) bond motifs is 1. The highest BCUT2D eigenvalue weighted by Crippen LogP contribution is 2.30. The van der Waals surface area contributed by atoms with Gasteiger partial charge in [0.1, 0.15) is 0 Å². The molecule has 1 heterocycles. The fraction of sp³-hybridized carbons (Fsp3) is 0.273.